The first-order valence-corrected chi connectivity index (χ1v) is 7.34. The normalized spacial score (nSPS) is 11.6. The Labute approximate surface area is 118 Å². The molecular formula is C14H20N4S. The van der Waals surface area contributed by atoms with Gasteiger partial charge in [0.1, 0.15) is 11.5 Å². The van der Waals surface area contributed by atoms with Crippen LogP contribution in [0.3, 0.4) is 0 Å². The Morgan fingerprint density at radius 1 is 1.21 bits per heavy atom. The largest absolute Gasteiger partial charge is 0.373 e. The first kappa shape index (κ1) is 13.9. The maximum absolute atomic E-state index is 4.67. The molecule has 0 saturated heterocycles. The third kappa shape index (κ3) is 3.10. The van der Waals surface area contributed by atoms with Crippen LogP contribution in [0.5, 0.6) is 0 Å². The van der Waals surface area contributed by atoms with E-state index in [1.54, 1.807) is 11.3 Å². The molecular weight excluding hydrogens is 256 g/mol. The molecule has 4 nitrogen and oxygen atoms in total. The van der Waals surface area contributed by atoms with Gasteiger partial charge in [-0.05, 0) is 6.42 Å². The van der Waals surface area contributed by atoms with Gasteiger partial charge in [-0.2, -0.15) is 0 Å². The Balaban J connectivity index is 2.43. The molecule has 0 radical (unpaired) electrons. The summed E-state index contributed by atoms with van der Waals surface area (Å²) >= 11 is 1.67. The van der Waals surface area contributed by atoms with Crippen molar-refractivity contribution in [2.75, 3.05) is 12.4 Å². The molecule has 0 aliphatic heterocycles. The van der Waals surface area contributed by atoms with Crippen molar-refractivity contribution in [3.8, 4) is 11.5 Å². The number of thiazole rings is 1. The molecule has 2 aromatic rings. The van der Waals surface area contributed by atoms with E-state index in [0.29, 0.717) is 5.82 Å². The lowest BCUT2D eigenvalue weighted by Crippen LogP contribution is -2.10. The Morgan fingerprint density at radius 2 is 1.95 bits per heavy atom. The van der Waals surface area contributed by atoms with Gasteiger partial charge < -0.3 is 5.32 Å². The Morgan fingerprint density at radius 3 is 2.47 bits per heavy atom. The number of nitrogens with zero attached hydrogens (tertiary/aromatic N) is 3. The minimum Gasteiger partial charge on any atom is -0.373 e. The first-order valence-electron chi connectivity index (χ1n) is 6.46. The number of hydrogen-bond acceptors (Lipinski definition) is 5. The van der Waals surface area contributed by atoms with Crippen molar-refractivity contribution in [3.63, 3.8) is 0 Å². The number of anilines is 1. The highest BCUT2D eigenvalue weighted by Gasteiger charge is 2.19. The van der Waals surface area contributed by atoms with E-state index >= 15 is 0 Å². The highest BCUT2D eigenvalue weighted by atomic mass is 32.1. The maximum atomic E-state index is 4.67. The first-order chi connectivity index (χ1) is 8.94. The van der Waals surface area contributed by atoms with Crippen molar-refractivity contribution >= 4 is 17.2 Å². The fourth-order valence-electron chi connectivity index (χ4n) is 1.64. The monoisotopic (exact) mass is 276 g/mol. The molecule has 0 bridgehead atoms. The van der Waals surface area contributed by atoms with E-state index in [9.17, 15) is 0 Å². The van der Waals surface area contributed by atoms with Crippen molar-refractivity contribution in [1.82, 2.24) is 15.0 Å². The number of aromatic nitrogens is 3. The van der Waals surface area contributed by atoms with Crippen LogP contribution in [0.4, 0.5) is 5.82 Å². The molecule has 5 heteroatoms. The zero-order valence-electron chi connectivity index (χ0n) is 12.1. The third-order valence-electron chi connectivity index (χ3n) is 2.77. The molecule has 0 spiro atoms. The van der Waals surface area contributed by atoms with Crippen molar-refractivity contribution < 1.29 is 0 Å². The summed E-state index contributed by atoms with van der Waals surface area (Å²) < 4.78 is 0. The van der Waals surface area contributed by atoms with Crippen LogP contribution in [0.2, 0.25) is 0 Å². The SMILES string of the molecule is CCc1cc(NC)nc(-c2csc(C(C)(C)C)n2)n1. The lowest BCUT2D eigenvalue weighted by molar-refractivity contribution is 0.586. The van der Waals surface area contributed by atoms with E-state index in [1.807, 2.05) is 18.5 Å². The van der Waals surface area contributed by atoms with Gasteiger partial charge in [0.2, 0.25) is 0 Å². The van der Waals surface area contributed by atoms with Gasteiger partial charge in [0, 0.05) is 29.6 Å². The molecule has 0 aliphatic carbocycles. The average molecular weight is 276 g/mol. The van der Waals surface area contributed by atoms with E-state index in [1.165, 1.54) is 0 Å². The molecule has 0 atom stereocenters. The summed E-state index contributed by atoms with van der Waals surface area (Å²) in [7, 11) is 1.87. The zero-order valence-corrected chi connectivity index (χ0v) is 12.9. The van der Waals surface area contributed by atoms with Crippen LogP contribution in [0.1, 0.15) is 38.4 Å². The van der Waals surface area contributed by atoms with E-state index < -0.39 is 0 Å². The topological polar surface area (TPSA) is 50.7 Å². The fourth-order valence-corrected chi connectivity index (χ4v) is 2.53. The van der Waals surface area contributed by atoms with Crippen molar-refractivity contribution in [3.05, 3.63) is 22.1 Å². The lowest BCUT2D eigenvalue weighted by Gasteiger charge is -2.13. The Kier molecular flexibility index (Phi) is 3.85. The lowest BCUT2D eigenvalue weighted by atomic mass is 9.98. The van der Waals surface area contributed by atoms with E-state index in [-0.39, 0.29) is 5.41 Å². The number of aryl methyl sites for hydroxylation is 1. The third-order valence-corrected chi connectivity index (χ3v) is 4.04. The van der Waals surface area contributed by atoms with Crippen LogP contribution >= 0.6 is 11.3 Å². The summed E-state index contributed by atoms with van der Waals surface area (Å²) in [4.78, 5) is 13.7. The maximum Gasteiger partial charge on any atom is 0.181 e. The summed E-state index contributed by atoms with van der Waals surface area (Å²) in [5.41, 5.74) is 1.96. The molecule has 1 N–H and O–H groups in total. The summed E-state index contributed by atoms with van der Waals surface area (Å²) in [6.07, 6.45) is 0.889. The Bertz CT molecular complexity index is 547. The molecule has 2 heterocycles. The smallest absolute Gasteiger partial charge is 0.181 e. The molecule has 19 heavy (non-hydrogen) atoms. The second-order valence-electron chi connectivity index (χ2n) is 5.46. The predicted molar refractivity (Wildman–Crippen MR) is 80.8 cm³/mol. The van der Waals surface area contributed by atoms with Gasteiger partial charge in [0.05, 0.1) is 5.01 Å². The van der Waals surface area contributed by atoms with Gasteiger partial charge in [-0.3, -0.25) is 0 Å². The molecule has 0 amide bonds. The van der Waals surface area contributed by atoms with Gasteiger partial charge in [-0.1, -0.05) is 27.7 Å². The second kappa shape index (κ2) is 5.25. The molecule has 0 aromatic carbocycles. The van der Waals surface area contributed by atoms with Crippen molar-refractivity contribution in [2.45, 2.75) is 39.5 Å². The zero-order chi connectivity index (χ0) is 14.0. The quantitative estimate of drug-likeness (QED) is 0.932. The minimum atomic E-state index is 0.0666. The van der Waals surface area contributed by atoms with Crippen LogP contribution in [-0.2, 0) is 11.8 Å². The summed E-state index contributed by atoms with van der Waals surface area (Å²) in [5.74, 6) is 1.54. The summed E-state index contributed by atoms with van der Waals surface area (Å²) in [6, 6.07) is 1.97. The molecule has 0 aliphatic rings. The second-order valence-corrected chi connectivity index (χ2v) is 6.32. The summed E-state index contributed by atoms with van der Waals surface area (Å²) in [5, 5.41) is 6.22. The predicted octanol–water partition coefficient (Wildman–Crippen LogP) is 3.50. The van der Waals surface area contributed by atoms with Crippen molar-refractivity contribution in [1.29, 1.82) is 0 Å². The highest BCUT2D eigenvalue weighted by Crippen LogP contribution is 2.29. The molecule has 2 rings (SSSR count). The van der Waals surface area contributed by atoms with Gasteiger partial charge >= 0.3 is 0 Å². The van der Waals surface area contributed by atoms with E-state index in [0.717, 1.165) is 28.6 Å². The molecule has 0 unspecified atom stereocenters. The molecule has 0 fully saturated rings. The summed E-state index contributed by atoms with van der Waals surface area (Å²) in [6.45, 7) is 8.58. The van der Waals surface area contributed by atoms with Crippen LogP contribution in [0, 0.1) is 0 Å². The number of rotatable bonds is 3. The van der Waals surface area contributed by atoms with Crippen LogP contribution in [0.15, 0.2) is 11.4 Å². The molecule has 2 aromatic heterocycles. The van der Waals surface area contributed by atoms with Crippen LogP contribution < -0.4 is 5.32 Å². The van der Waals surface area contributed by atoms with Crippen molar-refractivity contribution in [2.24, 2.45) is 0 Å². The van der Waals surface area contributed by atoms with E-state index in [4.69, 9.17) is 0 Å². The fraction of sp³-hybridized carbons (Fsp3) is 0.500. The van der Waals surface area contributed by atoms with Crippen LogP contribution in [-0.4, -0.2) is 22.0 Å². The molecule has 0 saturated carbocycles. The average Bonchev–Trinajstić information content (AvgIpc) is 2.87. The van der Waals surface area contributed by atoms with Gasteiger partial charge in [0.25, 0.3) is 0 Å². The van der Waals surface area contributed by atoms with Crippen LogP contribution in [0.25, 0.3) is 11.5 Å². The number of nitrogens with one attached hydrogen (secondary N) is 1. The Hall–Kier alpha value is -1.49. The van der Waals surface area contributed by atoms with Gasteiger partial charge in [-0.25, -0.2) is 15.0 Å². The molecule has 102 valence electrons. The standard InChI is InChI=1S/C14H20N4S/c1-6-9-7-11(15-5)18-12(16-9)10-8-19-13(17-10)14(2,3)4/h7-8H,6H2,1-5H3,(H,15,16,18). The van der Waals surface area contributed by atoms with Gasteiger partial charge in [0.15, 0.2) is 5.82 Å². The highest BCUT2D eigenvalue weighted by molar-refractivity contribution is 7.10. The number of hydrogen-bond donors (Lipinski definition) is 1. The minimum absolute atomic E-state index is 0.0666. The van der Waals surface area contributed by atoms with E-state index in [2.05, 4.69) is 48.0 Å². The van der Waals surface area contributed by atoms with Gasteiger partial charge in [-0.15, -0.1) is 11.3 Å².